The lowest BCUT2D eigenvalue weighted by Gasteiger charge is -2.28. The van der Waals surface area contributed by atoms with Crippen LogP contribution in [0.2, 0.25) is 0 Å². The fourth-order valence-corrected chi connectivity index (χ4v) is 3.20. The number of ether oxygens (including phenoxy) is 2. The van der Waals surface area contributed by atoms with E-state index in [-0.39, 0.29) is 19.0 Å². The first-order chi connectivity index (χ1) is 8.85. The molecule has 0 spiro atoms. The molecule has 19 heavy (non-hydrogen) atoms. The topological polar surface area (TPSA) is 72.8 Å². The van der Waals surface area contributed by atoms with E-state index in [0.717, 1.165) is 11.8 Å². The standard InChI is InChI=1S/C13H18O5S/c1-10-4-3-5-11(6-10)13(9-19(2,15)16)17-8-12(7-14)18-13/h3-6,12,14H,7-9H2,1-2H3/t12-,13-/m0/s1. The van der Waals surface area contributed by atoms with Gasteiger partial charge in [-0.2, -0.15) is 0 Å². The maximum Gasteiger partial charge on any atom is 0.209 e. The monoisotopic (exact) mass is 286 g/mol. The highest BCUT2D eigenvalue weighted by Crippen LogP contribution is 2.35. The number of hydrogen-bond donors (Lipinski definition) is 1. The lowest BCUT2D eigenvalue weighted by molar-refractivity contribution is -0.162. The molecular weight excluding hydrogens is 268 g/mol. The second-order valence-corrected chi connectivity index (χ2v) is 7.07. The van der Waals surface area contributed by atoms with Crippen LogP contribution < -0.4 is 0 Å². The minimum atomic E-state index is -3.29. The molecule has 5 nitrogen and oxygen atoms in total. The normalized spacial score (nSPS) is 27.6. The zero-order valence-electron chi connectivity index (χ0n) is 11.0. The van der Waals surface area contributed by atoms with Crippen LogP contribution in [0.3, 0.4) is 0 Å². The minimum absolute atomic E-state index is 0.181. The fourth-order valence-electron chi connectivity index (χ4n) is 2.19. The molecule has 0 aromatic heterocycles. The van der Waals surface area contributed by atoms with Gasteiger partial charge in [-0.15, -0.1) is 0 Å². The van der Waals surface area contributed by atoms with Crippen molar-refractivity contribution in [1.82, 2.24) is 0 Å². The Morgan fingerprint density at radius 1 is 1.47 bits per heavy atom. The van der Waals surface area contributed by atoms with E-state index in [1.54, 1.807) is 6.07 Å². The highest BCUT2D eigenvalue weighted by molar-refractivity contribution is 7.90. The van der Waals surface area contributed by atoms with E-state index in [4.69, 9.17) is 14.6 Å². The summed E-state index contributed by atoms with van der Waals surface area (Å²) in [5.74, 6) is -1.58. The van der Waals surface area contributed by atoms with Crippen LogP contribution >= 0.6 is 0 Å². The average molecular weight is 286 g/mol. The Kier molecular flexibility index (Phi) is 3.96. The Balaban J connectivity index is 2.40. The van der Waals surface area contributed by atoms with Gasteiger partial charge in [0.1, 0.15) is 11.9 Å². The number of benzene rings is 1. The van der Waals surface area contributed by atoms with Gasteiger partial charge in [0.25, 0.3) is 0 Å². The van der Waals surface area contributed by atoms with E-state index in [1.807, 2.05) is 25.1 Å². The van der Waals surface area contributed by atoms with Crippen molar-refractivity contribution in [2.75, 3.05) is 25.2 Å². The Bertz CT molecular complexity index is 554. The van der Waals surface area contributed by atoms with Gasteiger partial charge in [0.2, 0.25) is 5.79 Å². The minimum Gasteiger partial charge on any atom is -0.394 e. The van der Waals surface area contributed by atoms with E-state index < -0.39 is 21.7 Å². The molecule has 0 bridgehead atoms. The summed E-state index contributed by atoms with van der Waals surface area (Å²) in [6.45, 7) is 1.90. The molecule has 0 radical (unpaired) electrons. The quantitative estimate of drug-likeness (QED) is 0.877. The van der Waals surface area contributed by atoms with Gasteiger partial charge in [0.05, 0.1) is 13.2 Å². The predicted molar refractivity (Wildman–Crippen MR) is 70.5 cm³/mol. The molecule has 0 amide bonds. The summed E-state index contributed by atoms with van der Waals surface area (Å²) in [5.41, 5.74) is 1.65. The summed E-state index contributed by atoms with van der Waals surface area (Å²) in [6.07, 6.45) is 0.644. The molecular formula is C13H18O5S. The van der Waals surface area contributed by atoms with Crippen molar-refractivity contribution in [2.45, 2.75) is 18.8 Å². The summed E-state index contributed by atoms with van der Waals surface area (Å²) < 4.78 is 34.5. The van der Waals surface area contributed by atoms with Crippen molar-refractivity contribution >= 4 is 9.84 Å². The third kappa shape index (κ3) is 3.33. The molecule has 106 valence electrons. The van der Waals surface area contributed by atoms with E-state index >= 15 is 0 Å². The van der Waals surface area contributed by atoms with E-state index in [1.165, 1.54) is 0 Å². The van der Waals surface area contributed by atoms with Crippen LogP contribution in [0.1, 0.15) is 11.1 Å². The zero-order valence-corrected chi connectivity index (χ0v) is 11.8. The van der Waals surface area contributed by atoms with Crippen LogP contribution in [-0.4, -0.2) is 44.9 Å². The molecule has 1 aliphatic rings. The highest BCUT2D eigenvalue weighted by Gasteiger charge is 2.45. The van der Waals surface area contributed by atoms with Crippen LogP contribution in [0.5, 0.6) is 0 Å². The molecule has 1 N–H and O–H groups in total. The molecule has 2 rings (SSSR count). The average Bonchev–Trinajstić information content (AvgIpc) is 2.71. The first kappa shape index (κ1) is 14.5. The third-order valence-corrected chi connectivity index (χ3v) is 3.88. The van der Waals surface area contributed by atoms with Crippen molar-refractivity contribution in [3.63, 3.8) is 0 Å². The van der Waals surface area contributed by atoms with E-state index in [2.05, 4.69) is 0 Å². The second kappa shape index (κ2) is 5.20. The van der Waals surface area contributed by atoms with Gasteiger partial charge in [-0.25, -0.2) is 8.42 Å². The summed E-state index contributed by atoms with van der Waals surface area (Å²) >= 11 is 0. The van der Waals surface area contributed by atoms with Crippen molar-refractivity contribution < 1.29 is 23.0 Å². The number of aryl methyl sites for hydroxylation is 1. The van der Waals surface area contributed by atoms with Crippen LogP contribution in [0.4, 0.5) is 0 Å². The van der Waals surface area contributed by atoms with Crippen LogP contribution in [0, 0.1) is 6.92 Å². The Morgan fingerprint density at radius 3 is 2.74 bits per heavy atom. The Morgan fingerprint density at radius 2 is 2.21 bits per heavy atom. The summed E-state index contributed by atoms with van der Waals surface area (Å²) in [7, 11) is -3.29. The molecule has 6 heteroatoms. The third-order valence-electron chi connectivity index (χ3n) is 2.97. The van der Waals surface area contributed by atoms with E-state index in [0.29, 0.717) is 5.56 Å². The number of aliphatic hydroxyl groups excluding tert-OH is 1. The molecule has 2 atom stereocenters. The van der Waals surface area contributed by atoms with Crippen molar-refractivity contribution in [1.29, 1.82) is 0 Å². The Hall–Kier alpha value is -0.950. The molecule has 0 aliphatic carbocycles. The number of sulfone groups is 1. The molecule has 0 unspecified atom stereocenters. The van der Waals surface area contributed by atoms with Crippen molar-refractivity contribution in [3.05, 3.63) is 35.4 Å². The summed E-state index contributed by atoms with van der Waals surface area (Å²) in [6, 6.07) is 7.35. The zero-order chi connectivity index (χ0) is 14.1. The van der Waals surface area contributed by atoms with Gasteiger partial charge < -0.3 is 14.6 Å². The number of hydrogen-bond acceptors (Lipinski definition) is 5. The van der Waals surface area contributed by atoms with Gasteiger partial charge in [0, 0.05) is 11.8 Å². The SMILES string of the molecule is Cc1cccc([C@@]2(CS(C)(=O)=O)OC[C@H](CO)O2)c1. The first-order valence-electron chi connectivity index (χ1n) is 6.02. The van der Waals surface area contributed by atoms with Gasteiger partial charge >= 0.3 is 0 Å². The molecule has 0 saturated carbocycles. The van der Waals surface area contributed by atoms with Gasteiger partial charge in [0.15, 0.2) is 9.84 Å². The van der Waals surface area contributed by atoms with Gasteiger partial charge in [-0.1, -0.05) is 29.8 Å². The smallest absolute Gasteiger partial charge is 0.209 e. The lowest BCUT2D eigenvalue weighted by Crippen LogP contribution is -2.36. The summed E-state index contributed by atoms with van der Waals surface area (Å²) in [4.78, 5) is 0. The first-order valence-corrected chi connectivity index (χ1v) is 8.08. The maximum absolute atomic E-state index is 11.6. The maximum atomic E-state index is 11.6. The molecule has 1 fully saturated rings. The van der Waals surface area contributed by atoms with Crippen LogP contribution in [0.25, 0.3) is 0 Å². The van der Waals surface area contributed by atoms with E-state index in [9.17, 15) is 8.42 Å². The number of aliphatic hydroxyl groups is 1. The molecule has 1 aliphatic heterocycles. The molecule has 1 saturated heterocycles. The predicted octanol–water partition coefficient (Wildman–Crippen LogP) is 0.600. The molecule has 1 heterocycles. The largest absolute Gasteiger partial charge is 0.394 e. The van der Waals surface area contributed by atoms with Gasteiger partial charge in [-0.3, -0.25) is 0 Å². The number of rotatable bonds is 4. The lowest BCUT2D eigenvalue weighted by atomic mass is 10.0. The molecule has 1 aromatic rings. The summed E-state index contributed by atoms with van der Waals surface area (Å²) in [5, 5.41) is 9.14. The van der Waals surface area contributed by atoms with Crippen LogP contribution in [-0.2, 0) is 25.1 Å². The van der Waals surface area contributed by atoms with Gasteiger partial charge in [-0.05, 0) is 6.92 Å². The second-order valence-electron chi connectivity index (χ2n) is 4.93. The fraction of sp³-hybridized carbons (Fsp3) is 0.538. The van der Waals surface area contributed by atoms with Crippen molar-refractivity contribution in [2.24, 2.45) is 0 Å². The molecule has 1 aromatic carbocycles. The van der Waals surface area contributed by atoms with Crippen LogP contribution in [0.15, 0.2) is 24.3 Å². The van der Waals surface area contributed by atoms with Crippen molar-refractivity contribution in [3.8, 4) is 0 Å². The highest BCUT2D eigenvalue weighted by atomic mass is 32.2. The Labute approximate surface area is 113 Å².